The van der Waals surface area contributed by atoms with Gasteiger partial charge in [-0.05, 0) is 41.5 Å². The molecular weight excluding hydrogens is 362 g/mol. The number of methoxy groups -OCH3 is 1. The molecule has 1 aromatic heterocycles. The van der Waals surface area contributed by atoms with Crippen molar-refractivity contribution in [3.05, 3.63) is 78.4 Å². The highest BCUT2D eigenvalue weighted by Crippen LogP contribution is 2.26. The van der Waals surface area contributed by atoms with Gasteiger partial charge in [0.2, 0.25) is 11.6 Å². The molecule has 7 heteroatoms. The minimum atomic E-state index is -0.766. The molecule has 0 aliphatic heterocycles. The molecular formula is C21H14F2N4O. The van der Waals surface area contributed by atoms with Gasteiger partial charge in [0.1, 0.15) is 17.4 Å². The summed E-state index contributed by atoms with van der Waals surface area (Å²) in [5.74, 6) is -0.704. The minimum Gasteiger partial charge on any atom is -0.497 e. The maximum Gasteiger partial charge on any atom is 0.209 e. The zero-order valence-electron chi connectivity index (χ0n) is 14.8. The van der Waals surface area contributed by atoms with Gasteiger partial charge in [-0.25, -0.2) is 8.78 Å². The monoisotopic (exact) mass is 376 g/mol. The van der Waals surface area contributed by atoms with E-state index < -0.39 is 11.6 Å². The lowest BCUT2D eigenvalue weighted by Gasteiger charge is -2.06. The van der Waals surface area contributed by atoms with Crippen molar-refractivity contribution in [3.63, 3.8) is 0 Å². The molecule has 138 valence electrons. The van der Waals surface area contributed by atoms with Crippen LogP contribution in [0.25, 0.3) is 33.9 Å². The Morgan fingerprint density at radius 1 is 0.643 bits per heavy atom. The molecule has 4 rings (SSSR count). The number of rotatable bonds is 4. The third-order valence-corrected chi connectivity index (χ3v) is 4.21. The Kier molecular flexibility index (Phi) is 4.72. The molecule has 3 aromatic carbocycles. The molecule has 0 fully saturated rings. The van der Waals surface area contributed by atoms with Crippen LogP contribution in [0.2, 0.25) is 0 Å². The fourth-order valence-electron chi connectivity index (χ4n) is 2.78. The van der Waals surface area contributed by atoms with Crippen LogP contribution in [-0.4, -0.2) is 27.5 Å². The molecule has 0 atom stereocenters. The lowest BCUT2D eigenvalue weighted by Crippen LogP contribution is -2.02. The van der Waals surface area contributed by atoms with Crippen LogP contribution in [0.3, 0.4) is 0 Å². The second-order valence-electron chi connectivity index (χ2n) is 5.95. The fourth-order valence-corrected chi connectivity index (χ4v) is 2.78. The van der Waals surface area contributed by atoms with Crippen LogP contribution in [-0.2, 0) is 0 Å². The smallest absolute Gasteiger partial charge is 0.209 e. The van der Waals surface area contributed by atoms with Crippen molar-refractivity contribution in [2.75, 3.05) is 7.11 Å². The Hall–Kier alpha value is -3.74. The van der Waals surface area contributed by atoms with Gasteiger partial charge in [0.15, 0.2) is 0 Å². The Balaban J connectivity index is 1.66. The van der Waals surface area contributed by atoms with Gasteiger partial charge in [-0.3, -0.25) is 0 Å². The standard InChI is InChI=1S/C21H14F2N4O/c1-28-16-10-8-13(9-11-16)14-4-2-5-15(12-14)20-24-26-21(27-25-20)19-17(22)6-3-7-18(19)23/h2-12H,1H3. The molecule has 0 aliphatic carbocycles. The van der Waals surface area contributed by atoms with Crippen LogP contribution in [0.1, 0.15) is 0 Å². The molecule has 0 spiro atoms. The van der Waals surface area contributed by atoms with E-state index in [1.54, 1.807) is 7.11 Å². The summed E-state index contributed by atoms with van der Waals surface area (Å²) in [5, 5.41) is 15.7. The molecule has 1 heterocycles. The predicted octanol–water partition coefficient (Wildman–Crippen LogP) is 4.55. The lowest BCUT2D eigenvalue weighted by atomic mass is 10.0. The van der Waals surface area contributed by atoms with Crippen LogP contribution in [0.15, 0.2) is 66.7 Å². The van der Waals surface area contributed by atoms with Crippen molar-refractivity contribution in [1.29, 1.82) is 0 Å². The van der Waals surface area contributed by atoms with Gasteiger partial charge in [-0.2, -0.15) is 0 Å². The molecule has 0 N–H and O–H groups in total. The summed E-state index contributed by atoms with van der Waals surface area (Å²) >= 11 is 0. The summed E-state index contributed by atoms with van der Waals surface area (Å²) in [6, 6.07) is 18.7. The van der Waals surface area contributed by atoms with E-state index in [2.05, 4.69) is 20.4 Å². The van der Waals surface area contributed by atoms with Gasteiger partial charge in [0.05, 0.1) is 12.7 Å². The van der Waals surface area contributed by atoms with Crippen LogP contribution in [0, 0.1) is 11.6 Å². The first kappa shape index (κ1) is 17.7. The first-order valence-electron chi connectivity index (χ1n) is 8.42. The SMILES string of the molecule is COc1ccc(-c2cccc(-c3nnc(-c4c(F)cccc4F)nn3)c2)cc1. The number of ether oxygens (including phenoxy) is 1. The topological polar surface area (TPSA) is 60.8 Å². The van der Waals surface area contributed by atoms with Crippen molar-refractivity contribution >= 4 is 0 Å². The summed E-state index contributed by atoms with van der Waals surface area (Å²) in [6.45, 7) is 0. The van der Waals surface area contributed by atoms with E-state index in [0.717, 1.165) is 29.0 Å². The van der Waals surface area contributed by atoms with Crippen molar-refractivity contribution in [3.8, 4) is 39.7 Å². The average Bonchev–Trinajstić information content (AvgIpc) is 2.74. The zero-order valence-corrected chi connectivity index (χ0v) is 14.8. The second-order valence-corrected chi connectivity index (χ2v) is 5.95. The largest absolute Gasteiger partial charge is 0.497 e. The number of benzene rings is 3. The molecule has 0 radical (unpaired) electrons. The third-order valence-electron chi connectivity index (χ3n) is 4.21. The predicted molar refractivity (Wildman–Crippen MR) is 100 cm³/mol. The molecule has 0 saturated carbocycles. The molecule has 0 saturated heterocycles. The minimum absolute atomic E-state index is 0.203. The Morgan fingerprint density at radius 2 is 1.21 bits per heavy atom. The number of hydrogen-bond donors (Lipinski definition) is 0. The summed E-state index contributed by atoms with van der Waals surface area (Å²) in [4.78, 5) is 0. The van der Waals surface area contributed by atoms with Crippen molar-refractivity contribution in [1.82, 2.24) is 20.4 Å². The van der Waals surface area contributed by atoms with Gasteiger partial charge >= 0.3 is 0 Å². The highest BCUT2D eigenvalue weighted by atomic mass is 19.1. The van der Waals surface area contributed by atoms with Gasteiger partial charge in [-0.15, -0.1) is 20.4 Å². The molecule has 0 amide bonds. The maximum absolute atomic E-state index is 13.9. The van der Waals surface area contributed by atoms with Crippen LogP contribution in [0.5, 0.6) is 5.75 Å². The molecule has 0 unspecified atom stereocenters. The van der Waals surface area contributed by atoms with Gasteiger partial charge < -0.3 is 4.74 Å². The highest BCUT2D eigenvalue weighted by molar-refractivity contribution is 5.70. The summed E-state index contributed by atoms with van der Waals surface area (Å²) in [5.41, 5.74) is 2.29. The van der Waals surface area contributed by atoms with E-state index in [1.807, 2.05) is 48.5 Å². The highest BCUT2D eigenvalue weighted by Gasteiger charge is 2.15. The number of hydrogen-bond acceptors (Lipinski definition) is 5. The van der Waals surface area contributed by atoms with E-state index in [1.165, 1.54) is 6.07 Å². The zero-order chi connectivity index (χ0) is 19.5. The average molecular weight is 376 g/mol. The fraction of sp³-hybridized carbons (Fsp3) is 0.0476. The van der Waals surface area contributed by atoms with Crippen LogP contribution >= 0.6 is 0 Å². The normalized spacial score (nSPS) is 10.7. The van der Waals surface area contributed by atoms with Crippen molar-refractivity contribution < 1.29 is 13.5 Å². The number of nitrogens with zero attached hydrogens (tertiary/aromatic N) is 4. The number of aromatic nitrogens is 4. The lowest BCUT2D eigenvalue weighted by molar-refractivity contribution is 0.415. The molecule has 0 bridgehead atoms. The quantitative estimate of drug-likeness (QED) is 0.523. The van der Waals surface area contributed by atoms with E-state index in [9.17, 15) is 8.78 Å². The van der Waals surface area contributed by atoms with Gasteiger partial charge in [0.25, 0.3) is 0 Å². The van der Waals surface area contributed by atoms with Crippen molar-refractivity contribution in [2.45, 2.75) is 0 Å². The Labute approximate surface area is 159 Å². The second kappa shape index (κ2) is 7.48. The van der Waals surface area contributed by atoms with Crippen molar-refractivity contribution in [2.24, 2.45) is 0 Å². The molecule has 0 aliphatic rings. The van der Waals surface area contributed by atoms with Gasteiger partial charge in [0, 0.05) is 5.56 Å². The molecule has 5 nitrogen and oxygen atoms in total. The van der Waals surface area contributed by atoms with E-state index in [0.29, 0.717) is 5.56 Å². The third kappa shape index (κ3) is 3.42. The van der Waals surface area contributed by atoms with E-state index in [4.69, 9.17) is 4.74 Å². The molecule has 28 heavy (non-hydrogen) atoms. The summed E-state index contributed by atoms with van der Waals surface area (Å²) in [7, 11) is 1.61. The van der Waals surface area contributed by atoms with Crippen LogP contribution < -0.4 is 4.74 Å². The first-order valence-corrected chi connectivity index (χ1v) is 8.42. The maximum atomic E-state index is 13.9. The summed E-state index contributed by atoms with van der Waals surface area (Å²) < 4.78 is 32.9. The van der Waals surface area contributed by atoms with E-state index in [-0.39, 0.29) is 17.2 Å². The van der Waals surface area contributed by atoms with Gasteiger partial charge in [-0.1, -0.05) is 36.4 Å². The van der Waals surface area contributed by atoms with Crippen LogP contribution in [0.4, 0.5) is 8.78 Å². The Bertz CT molecular complexity index is 1100. The first-order chi connectivity index (χ1) is 13.7. The van der Waals surface area contributed by atoms with E-state index >= 15 is 0 Å². The summed E-state index contributed by atoms with van der Waals surface area (Å²) in [6.07, 6.45) is 0. The number of halogens is 2. The molecule has 4 aromatic rings. The Morgan fingerprint density at radius 3 is 1.86 bits per heavy atom.